The Labute approximate surface area is 339 Å². The van der Waals surface area contributed by atoms with Crippen molar-refractivity contribution in [2.24, 2.45) is 0 Å². The van der Waals surface area contributed by atoms with Gasteiger partial charge in [-0.05, 0) is 72.9 Å². The van der Waals surface area contributed by atoms with Gasteiger partial charge < -0.3 is 29.2 Å². The number of hydrogen-bond acceptors (Lipinski definition) is 15. The quantitative estimate of drug-likeness (QED) is 0.0608. The van der Waals surface area contributed by atoms with Crippen LogP contribution in [-0.2, 0) is 28.7 Å². The Bertz CT molecular complexity index is 1380. The summed E-state index contributed by atoms with van der Waals surface area (Å²) in [7, 11) is 0. The van der Waals surface area contributed by atoms with Crippen LogP contribution in [0, 0.1) is 0 Å². The van der Waals surface area contributed by atoms with Crippen molar-refractivity contribution in [3.8, 4) is 11.5 Å². The smallest absolute Gasteiger partial charge is 0.331 e. The molecule has 0 saturated carbocycles. The van der Waals surface area contributed by atoms with Gasteiger partial charge in [0.15, 0.2) is 0 Å². The van der Waals surface area contributed by atoms with Crippen molar-refractivity contribution < 1.29 is 48.3 Å². The first-order chi connectivity index (χ1) is 25.7. The van der Waals surface area contributed by atoms with Gasteiger partial charge in [-0.1, -0.05) is 11.8 Å². The topological polar surface area (TPSA) is 146 Å². The maximum atomic E-state index is 12.2. The van der Waals surface area contributed by atoms with Gasteiger partial charge in [-0.15, -0.1) is 47.0 Å². The fraction of sp³-hybridized carbons (Fsp3) is 0.444. The van der Waals surface area contributed by atoms with Gasteiger partial charge in [0.1, 0.15) is 36.9 Å². The number of esters is 2. The molecular weight excluding hydrogens is 817 g/mol. The first-order valence-electron chi connectivity index (χ1n) is 16.7. The summed E-state index contributed by atoms with van der Waals surface area (Å²) in [5.74, 6) is 5.04. The normalized spacial score (nSPS) is 16.2. The number of benzene rings is 2. The van der Waals surface area contributed by atoms with E-state index in [-0.39, 0.29) is 13.2 Å². The summed E-state index contributed by atoms with van der Waals surface area (Å²) in [6.07, 6.45) is 4.40. The van der Waals surface area contributed by atoms with Gasteiger partial charge in [-0.2, -0.15) is 23.5 Å². The van der Waals surface area contributed by atoms with E-state index in [4.69, 9.17) is 29.2 Å². The Hall–Kier alpha value is -2.15. The van der Waals surface area contributed by atoms with Crippen molar-refractivity contribution in [2.45, 2.75) is 44.0 Å². The first kappa shape index (κ1) is 43.6. The van der Waals surface area contributed by atoms with Crippen LogP contribution in [-0.4, -0.2) is 115 Å². The average Bonchev–Trinajstić information content (AvgIpc) is 3.87. The van der Waals surface area contributed by atoms with E-state index in [0.717, 1.165) is 58.4 Å². The van der Waals surface area contributed by atoms with Crippen LogP contribution in [0.15, 0.2) is 82.6 Å². The Balaban J connectivity index is 1.23. The van der Waals surface area contributed by atoms with E-state index in [0.29, 0.717) is 32.2 Å². The molecule has 2 aliphatic rings. The summed E-state index contributed by atoms with van der Waals surface area (Å²) in [5, 5.41) is 17.7. The maximum Gasteiger partial charge on any atom is 0.331 e. The predicted molar refractivity (Wildman–Crippen MR) is 223 cm³/mol. The highest BCUT2D eigenvalue weighted by molar-refractivity contribution is 8.20. The number of aliphatic carboxylic acids is 2. The zero-order chi connectivity index (χ0) is 37.7. The first-order valence-corrected chi connectivity index (χ1v) is 24.0. The largest absolute Gasteiger partial charge is 0.490 e. The minimum atomic E-state index is -1.22. The minimum absolute atomic E-state index is 0.136. The molecule has 2 fully saturated rings. The van der Waals surface area contributed by atoms with Crippen LogP contribution in [0.25, 0.3) is 0 Å². The highest BCUT2D eigenvalue weighted by Gasteiger charge is 2.20. The van der Waals surface area contributed by atoms with E-state index in [1.807, 2.05) is 95.6 Å². The van der Waals surface area contributed by atoms with E-state index in [9.17, 15) is 19.2 Å². The molecule has 10 nitrogen and oxygen atoms in total. The van der Waals surface area contributed by atoms with Crippen molar-refractivity contribution in [3.05, 3.63) is 72.8 Å². The Morgan fingerprint density at radius 2 is 1.00 bits per heavy atom. The van der Waals surface area contributed by atoms with Gasteiger partial charge in [0.05, 0.1) is 9.16 Å². The lowest BCUT2D eigenvalue weighted by atomic mass is 10.3. The number of carbonyl (C=O) groups is 4. The molecule has 4 rings (SSSR count). The summed E-state index contributed by atoms with van der Waals surface area (Å²) in [5.41, 5.74) is 0. The van der Waals surface area contributed by atoms with Crippen LogP contribution in [0.2, 0.25) is 0 Å². The van der Waals surface area contributed by atoms with Gasteiger partial charge in [0, 0.05) is 68.6 Å². The number of carboxylic acids is 2. The number of carboxylic acid groups (broad SMARTS) is 2. The Morgan fingerprint density at radius 3 is 1.36 bits per heavy atom. The zero-order valence-electron chi connectivity index (χ0n) is 28.7. The van der Waals surface area contributed by atoms with Crippen molar-refractivity contribution in [1.29, 1.82) is 0 Å². The van der Waals surface area contributed by atoms with E-state index < -0.39 is 36.1 Å². The van der Waals surface area contributed by atoms with Crippen LogP contribution in [0.1, 0.15) is 12.8 Å². The van der Waals surface area contributed by atoms with Crippen molar-refractivity contribution >= 4 is 106 Å². The number of ether oxygens (including phenoxy) is 4. The van der Waals surface area contributed by atoms with Gasteiger partial charge in [0.25, 0.3) is 0 Å². The Morgan fingerprint density at radius 1 is 0.623 bits per heavy atom. The molecule has 0 aromatic heterocycles. The number of hydrogen-bond donors (Lipinski definition) is 2. The second-order valence-corrected chi connectivity index (χ2v) is 20.5. The fourth-order valence-corrected chi connectivity index (χ4v) is 13.6. The molecule has 0 amide bonds. The summed E-state index contributed by atoms with van der Waals surface area (Å²) >= 11 is 12.9. The van der Waals surface area contributed by atoms with Crippen LogP contribution in [0.3, 0.4) is 0 Å². The van der Waals surface area contributed by atoms with Crippen molar-refractivity contribution in [3.63, 3.8) is 0 Å². The molecule has 2 N–H and O–H groups in total. The monoisotopic (exact) mass is 858 g/mol. The molecule has 2 heterocycles. The van der Waals surface area contributed by atoms with E-state index in [2.05, 4.69) is 0 Å². The fourth-order valence-electron chi connectivity index (χ4n) is 4.58. The minimum Gasteiger partial charge on any atom is -0.490 e. The van der Waals surface area contributed by atoms with Crippen molar-refractivity contribution in [2.75, 3.05) is 59.2 Å². The highest BCUT2D eigenvalue weighted by atomic mass is 32.2. The average molecular weight is 859 g/mol. The molecule has 17 heteroatoms. The zero-order valence-corrected chi connectivity index (χ0v) is 34.5. The van der Waals surface area contributed by atoms with E-state index in [1.54, 1.807) is 35.3 Å². The van der Waals surface area contributed by atoms with E-state index >= 15 is 0 Å². The molecule has 0 spiro atoms. The third-order valence-corrected chi connectivity index (χ3v) is 16.6. The lowest BCUT2D eigenvalue weighted by Crippen LogP contribution is -2.27. The van der Waals surface area contributed by atoms with Gasteiger partial charge in [0.2, 0.25) is 0 Å². The summed E-state index contributed by atoms with van der Waals surface area (Å²) < 4.78 is 24.2. The molecule has 0 aliphatic carbocycles. The lowest BCUT2D eigenvalue weighted by molar-refractivity contribution is -0.144. The molecule has 53 heavy (non-hydrogen) atoms. The number of carbonyl (C=O) groups excluding carboxylic acids is 2. The maximum absolute atomic E-state index is 12.2. The van der Waals surface area contributed by atoms with Crippen LogP contribution >= 0.6 is 82.3 Å². The van der Waals surface area contributed by atoms with Crippen LogP contribution in [0.5, 0.6) is 11.5 Å². The molecule has 0 bridgehead atoms. The summed E-state index contributed by atoms with van der Waals surface area (Å²) in [6, 6.07) is 15.1. The SMILES string of the molecule is O=C(O)/C=C/C(=O)OC(COc1ccc(Sc2ccc(OCC(CSCCC3SCCS3)OC(=O)/C=C/C(=O)O)cc2)cc1)CSCCC1SCCS1. The molecule has 2 aliphatic heterocycles. The van der Waals surface area contributed by atoms with Crippen LogP contribution < -0.4 is 9.47 Å². The van der Waals surface area contributed by atoms with Gasteiger partial charge in [-0.3, -0.25) is 0 Å². The molecule has 0 radical (unpaired) electrons. The second-order valence-electron chi connectivity index (χ2n) is 11.2. The highest BCUT2D eigenvalue weighted by Crippen LogP contribution is 2.36. The Kier molecular flexibility index (Phi) is 20.6. The van der Waals surface area contributed by atoms with Gasteiger partial charge >= 0.3 is 23.9 Å². The second kappa shape index (κ2) is 25.1. The molecule has 2 saturated heterocycles. The van der Waals surface area contributed by atoms with Crippen molar-refractivity contribution in [1.82, 2.24) is 0 Å². The predicted octanol–water partition coefficient (Wildman–Crippen LogP) is 7.56. The van der Waals surface area contributed by atoms with Gasteiger partial charge in [-0.25, -0.2) is 19.2 Å². The van der Waals surface area contributed by atoms with E-state index in [1.165, 1.54) is 23.0 Å². The van der Waals surface area contributed by atoms with Crippen LogP contribution in [0.4, 0.5) is 0 Å². The molecule has 2 atom stereocenters. The third kappa shape index (κ3) is 18.8. The third-order valence-electron chi connectivity index (χ3n) is 7.03. The summed E-state index contributed by atoms with van der Waals surface area (Å²) in [4.78, 5) is 48.0. The lowest BCUT2D eigenvalue weighted by Gasteiger charge is -2.18. The molecule has 288 valence electrons. The number of thioether (sulfide) groups is 6. The molecule has 2 aromatic carbocycles. The number of rotatable bonds is 24. The summed E-state index contributed by atoms with van der Waals surface area (Å²) in [6.45, 7) is 0.272. The standard InChI is InChI=1S/C36H42O10S7/c37-31(38)9-11-33(41)45-27(23-47-15-13-35-49-17-18-50-35)21-43-25-1-5-29(6-2-25)53-30-7-3-26(4-8-30)44-22-28(46-34(42)12-10-32(39)40)24-48-16-14-36-51-19-20-52-36/h1-12,27-28,35-36H,13-24H2,(H,37,38)(H,39,40)/b11-9+,12-10+. The molecule has 2 aromatic rings. The molecule has 2 unspecified atom stereocenters. The molecular formula is C36H42O10S7.